The molecule has 2 aliphatic heterocycles. The van der Waals surface area contributed by atoms with Crippen LogP contribution in [0.3, 0.4) is 0 Å². The van der Waals surface area contributed by atoms with Gasteiger partial charge in [0.15, 0.2) is 0 Å². The van der Waals surface area contributed by atoms with E-state index in [1.807, 2.05) is 32.9 Å². The first-order valence-electron chi connectivity index (χ1n) is 8.64. The van der Waals surface area contributed by atoms with Crippen molar-refractivity contribution in [2.75, 3.05) is 13.1 Å². The molecule has 1 aromatic carbocycles. The van der Waals surface area contributed by atoms with Gasteiger partial charge < -0.3 is 0 Å². The molecule has 0 aliphatic carbocycles. The Hall–Kier alpha value is -1.73. The summed E-state index contributed by atoms with van der Waals surface area (Å²) in [6.45, 7) is 6.25. The third-order valence-corrected chi connectivity index (χ3v) is 7.29. The molecule has 2 aliphatic rings. The van der Waals surface area contributed by atoms with Gasteiger partial charge in [-0.2, -0.15) is 4.31 Å². The van der Waals surface area contributed by atoms with E-state index in [0.717, 1.165) is 16.7 Å². The number of imide groups is 1. The summed E-state index contributed by atoms with van der Waals surface area (Å²) in [7, 11) is -3.57. The van der Waals surface area contributed by atoms with E-state index in [-0.39, 0.29) is 30.7 Å². The minimum Gasteiger partial charge on any atom is -0.279 e. The van der Waals surface area contributed by atoms with Crippen LogP contribution in [-0.4, -0.2) is 48.6 Å². The number of carbonyl (C=O) groups is 2. The van der Waals surface area contributed by atoms with E-state index in [2.05, 4.69) is 0 Å². The molecule has 0 spiro atoms. The summed E-state index contributed by atoms with van der Waals surface area (Å²) in [5.74, 6) is -0.256. The lowest BCUT2D eigenvalue weighted by Gasteiger charge is -2.35. The Labute approximate surface area is 148 Å². The molecule has 1 aromatic rings. The van der Waals surface area contributed by atoms with Gasteiger partial charge in [0.25, 0.3) is 0 Å². The van der Waals surface area contributed by atoms with Gasteiger partial charge in [0.1, 0.15) is 0 Å². The lowest BCUT2D eigenvalue weighted by Crippen LogP contribution is -2.48. The maximum atomic E-state index is 13.1. The van der Waals surface area contributed by atoms with E-state index in [9.17, 15) is 18.0 Å². The van der Waals surface area contributed by atoms with Crippen molar-refractivity contribution in [3.8, 4) is 0 Å². The molecular formula is C18H24N2O4S. The van der Waals surface area contributed by atoms with E-state index < -0.39 is 10.0 Å². The number of hydrogen-bond acceptors (Lipinski definition) is 4. The molecule has 2 saturated heterocycles. The van der Waals surface area contributed by atoms with Crippen LogP contribution in [0.5, 0.6) is 0 Å². The Morgan fingerprint density at radius 1 is 0.920 bits per heavy atom. The molecule has 7 heteroatoms. The molecule has 136 valence electrons. The van der Waals surface area contributed by atoms with Crippen molar-refractivity contribution >= 4 is 21.8 Å². The fourth-order valence-corrected chi connectivity index (χ4v) is 5.93. The van der Waals surface area contributed by atoms with Crippen molar-refractivity contribution in [2.24, 2.45) is 0 Å². The highest BCUT2D eigenvalue weighted by Gasteiger charge is 2.39. The monoisotopic (exact) mass is 364 g/mol. The average Bonchev–Trinajstić information content (AvgIpc) is 2.85. The van der Waals surface area contributed by atoms with Crippen LogP contribution in [0.1, 0.15) is 42.4 Å². The molecule has 0 saturated carbocycles. The van der Waals surface area contributed by atoms with Crippen molar-refractivity contribution in [2.45, 2.75) is 57.4 Å². The standard InChI is InChI=1S/C18H24N2O4S/c1-12-10-13(2)18(14(3)11-12)25(23,24)19-8-6-15(7-9-19)20-16(21)4-5-17(20)22/h10-11,15H,4-9H2,1-3H3. The number of hydrogen-bond donors (Lipinski definition) is 0. The summed E-state index contributed by atoms with van der Waals surface area (Å²) < 4.78 is 27.6. The van der Waals surface area contributed by atoms with Crippen molar-refractivity contribution in [3.05, 3.63) is 28.8 Å². The first-order valence-corrected chi connectivity index (χ1v) is 10.1. The predicted molar refractivity (Wildman–Crippen MR) is 93.5 cm³/mol. The van der Waals surface area contributed by atoms with Crippen LogP contribution in [0.25, 0.3) is 0 Å². The van der Waals surface area contributed by atoms with Gasteiger partial charge in [-0.25, -0.2) is 8.42 Å². The van der Waals surface area contributed by atoms with Gasteiger partial charge in [-0.1, -0.05) is 17.7 Å². The van der Waals surface area contributed by atoms with Gasteiger partial charge in [-0.05, 0) is 44.7 Å². The zero-order valence-corrected chi connectivity index (χ0v) is 15.7. The van der Waals surface area contributed by atoms with Crippen LogP contribution < -0.4 is 0 Å². The van der Waals surface area contributed by atoms with Crippen LogP contribution >= 0.6 is 0 Å². The summed E-state index contributed by atoms with van der Waals surface area (Å²) in [6.07, 6.45) is 1.56. The highest BCUT2D eigenvalue weighted by molar-refractivity contribution is 7.89. The van der Waals surface area contributed by atoms with E-state index in [1.54, 1.807) is 0 Å². The molecule has 2 heterocycles. The van der Waals surface area contributed by atoms with Crippen molar-refractivity contribution in [3.63, 3.8) is 0 Å². The first kappa shape index (κ1) is 18.1. The van der Waals surface area contributed by atoms with E-state index in [0.29, 0.717) is 30.8 Å². The van der Waals surface area contributed by atoms with Crippen molar-refractivity contribution in [1.82, 2.24) is 9.21 Å². The molecule has 6 nitrogen and oxygen atoms in total. The number of aryl methyl sites for hydroxylation is 3. The minimum atomic E-state index is -3.57. The quantitative estimate of drug-likeness (QED) is 0.768. The second kappa shape index (κ2) is 6.53. The number of carbonyl (C=O) groups excluding carboxylic acids is 2. The topological polar surface area (TPSA) is 74.8 Å². The summed E-state index contributed by atoms with van der Waals surface area (Å²) in [6, 6.07) is 3.59. The Morgan fingerprint density at radius 2 is 1.40 bits per heavy atom. The molecule has 25 heavy (non-hydrogen) atoms. The van der Waals surface area contributed by atoms with Gasteiger partial charge in [0, 0.05) is 32.0 Å². The van der Waals surface area contributed by atoms with Gasteiger partial charge in [-0.15, -0.1) is 0 Å². The molecule has 0 bridgehead atoms. The van der Waals surface area contributed by atoms with Gasteiger partial charge >= 0.3 is 0 Å². The molecule has 0 N–H and O–H groups in total. The zero-order valence-electron chi connectivity index (χ0n) is 14.9. The van der Waals surface area contributed by atoms with E-state index in [1.165, 1.54) is 9.21 Å². The Kier molecular flexibility index (Phi) is 4.72. The Bertz CT molecular complexity index is 784. The molecule has 0 atom stereocenters. The van der Waals surface area contributed by atoms with Crippen LogP contribution in [0.4, 0.5) is 0 Å². The van der Waals surface area contributed by atoms with E-state index in [4.69, 9.17) is 0 Å². The summed E-state index contributed by atoms with van der Waals surface area (Å²) in [5, 5.41) is 0. The first-order chi connectivity index (χ1) is 11.7. The second-order valence-electron chi connectivity index (χ2n) is 7.02. The van der Waals surface area contributed by atoms with E-state index >= 15 is 0 Å². The van der Waals surface area contributed by atoms with Gasteiger partial charge in [0.2, 0.25) is 21.8 Å². The fourth-order valence-electron chi connectivity index (χ4n) is 4.04. The summed E-state index contributed by atoms with van der Waals surface area (Å²) in [5.41, 5.74) is 2.55. The van der Waals surface area contributed by atoms with Crippen LogP contribution in [0.15, 0.2) is 17.0 Å². The smallest absolute Gasteiger partial charge is 0.243 e. The second-order valence-corrected chi connectivity index (χ2v) is 8.90. The highest BCUT2D eigenvalue weighted by Crippen LogP contribution is 2.29. The van der Waals surface area contributed by atoms with Crippen LogP contribution in [0, 0.1) is 20.8 Å². The third kappa shape index (κ3) is 3.22. The summed E-state index contributed by atoms with van der Waals surface area (Å²) >= 11 is 0. The molecule has 3 rings (SSSR count). The fraction of sp³-hybridized carbons (Fsp3) is 0.556. The Balaban J connectivity index is 1.79. The third-order valence-electron chi connectivity index (χ3n) is 5.08. The number of rotatable bonds is 3. The Morgan fingerprint density at radius 3 is 1.88 bits per heavy atom. The average molecular weight is 364 g/mol. The van der Waals surface area contributed by atoms with Gasteiger partial charge in [-0.3, -0.25) is 14.5 Å². The lowest BCUT2D eigenvalue weighted by molar-refractivity contribution is -0.141. The van der Waals surface area contributed by atoms with Crippen molar-refractivity contribution < 1.29 is 18.0 Å². The number of likely N-dealkylation sites (tertiary alicyclic amines) is 1. The highest BCUT2D eigenvalue weighted by atomic mass is 32.2. The SMILES string of the molecule is Cc1cc(C)c(S(=O)(=O)N2CCC(N3C(=O)CCC3=O)CC2)c(C)c1. The number of sulfonamides is 1. The lowest BCUT2D eigenvalue weighted by atomic mass is 10.1. The zero-order chi connectivity index (χ0) is 18.4. The van der Waals surface area contributed by atoms with Crippen molar-refractivity contribution in [1.29, 1.82) is 0 Å². The molecule has 0 aromatic heterocycles. The number of benzene rings is 1. The molecule has 2 amide bonds. The number of amides is 2. The molecular weight excluding hydrogens is 340 g/mol. The maximum absolute atomic E-state index is 13.1. The predicted octanol–water partition coefficient (Wildman–Crippen LogP) is 1.91. The van der Waals surface area contributed by atoms with Gasteiger partial charge in [0.05, 0.1) is 4.90 Å². The normalized spacial score (nSPS) is 20.5. The molecule has 0 radical (unpaired) electrons. The number of piperidine rings is 1. The minimum absolute atomic E-state index is 0.128. The maximum Gasteiger partial charge on any atom is 0.243 e. The molecule has 2 fully saturated rings. The molecule has 0 unspecified atom stereocenters. The largest absolute Gasteiger partial charge is 0.279 e. The number of nitrogens with zero attached hydrogens (tertiary/aromatic N) is 2. The van der Waals surface area contributed by atoms with Crippen LogP contribution in [-0.2, 0) is 19.6 Å². The summed E-state index contributed by atoms with van der Waals surface area (Å²) in [4.78, 5) is 25.5. The van der Waals surface area contributed by atoms with Crippen LogP contribution in [0.2, 0.25) is 0 Å².